The van der Waals surface area contributed by atoms with Crippen molar-refractivity contribution < 1.29 is 4.74 Å². The molecule has 0 fully saturated rings. The molecule has 0 unspecified atom stereocenters. The summed E-state index contributed by atoms with van der Waals surface area (Å²) in [4.78, 5) is 9.09. The van der Waals surface area contributed by atoms with E-state index >= 15 is 0 Å². The second-order valence-corrected chi connectivity index (χ2v) is 9.55. The van der Waals surface area contributed by atoms with Gasteiger partial charge in [-0.1, -0.05) is 36.4 Å². The van der Waals surface area contributed by atoms with E-state index in [1.54, 1.807) is 6.20 Å². The third-order valence-corrected chi connectivity index (χ3v) is 7.09. The average molecular weight is 519 g/mol. The maximum Gasteiger partial charge on any atom is 0.168 e. The largest absolute Gasteiger partial charge is 0.457 e. The van der Waals surface area contributed by atoms with Crippen LogP contribution < -0.4 is 4.74 Å². The summed E-state index contributed by atoms with van der Waals surface area (Å²) in [5.74, 6) is 3.17. The molecule has 5 aromatic heterocycles. The van der Waals surface area contributed by atoms with Gasteiger partial charge in [-0.3, -0.25) is 9.13 Å². The zero-order valence-electron chi connectivity index (χ0n) is 21.3. The molecule has 8 rings (SSSR count). The molecule has 0 spiro atoms. The van der Waals surface area contributed by atoms with E-state index in [4.69, 9.17) is 9.84 Å². The van der Waals surface area contributed by atoms with Crippen LogP contribution >= 0.6 is 0 Å². The van der Waals surface area contributed by atoms with Crippen molar-refractivity contribution in [1.82, 2.24) is 28.9 Å². The molecule has 5 heterocycles. The van der Waals surface area contributed by atoms with Crippen molar-refractivity contribution in [3.05, 3.63) is 134 Å². The topological polar surface area (TPSA) is 62.7 Å². The summed E-state index contributed by atoms with van der Waals surface area (Å²) in [6.45, 7) is 0. The first-order chi connectivity index (χ1) is 19.8. The number of fused-ring (bicyclic) bond motifs is 4. The number of para-hydroxylation sites is 1. The fourth-order valence-corrected chi connectivity index (χ4v) is 5.29. The third kappa shape index (κ3) is 3.64. The number of rotatable bonds is 5. The van der Waals surface area contributed by atoms with Crippen LogP contribution in [-0.2, 0) is 0 Å². The van der Waals surface area contributed by atoms with E-state index in [2.05, 4.69) is 50.9 Å². The molecule has 40 heavy (non-hydrogen) atoms. The Kier molecular flexibility index (Phi) is 4.99. The Labute approximate surface area is 229 Å². The minimum atomic E-state index is 0.727. The van der Waals surface area contributed by atoms with Gasteiger partial charge in [0.15, 0.2) is 5.65 Å². The van der Waals surface area contributed by atoms with Gasteiger partial charge in [-0.25, -0.2) is 14.6 Å². The summed E-state index contributed by atoms with van der Waals surface area (Å²) in [5, 5.41) is 8.21. The lowest BCUT2D eigenvalue weighted by Gasteiger charge is -2.10. The highest BCUT2D eigenvalue weighted by atomic mass is 16.5. The Morgan fingerprint density at radius 1 is 0.600 bits per heavy atom. The molecule has 7 nitrogen and oxygen atoms in total. The molecule has 8 aromatic rings. The molecular formula is C33H22N6O. The monoisotopic (exact) mass is 518 g/mol. The van der Waals surface area contributed by atoms with Crippen LogP contribution in [0.4, 0.5) is 0 Å². The normalized spacial score (nSPS) is 11.5. The maximum absolute atomic E-state index is 6.39. The zero-order chi connectivity index (χ0) is 26.5. The Hall–Kier alpha value is -5.69. The predicted octanol–water partition coefficient (Wildman–Crippen LogP) is 7.50. The van der Waals surface area contributed by atoms with Gasteiger partial charge in [-0.15, -0.1) is 5.10 Å². The molecule has 0 saturated carbocycles. The quantitative estimate of drug-likeness (QED) is 0.237. The fraction of sp³-hybridized carbons (Fsp3) is 0. The van der Waals surface area contributed by atoms with Gasteiger partial charge in [0, 0.05) is 53.1 Å². The summed E-state index contributed by atoms with van der Waals surface area (Å²) in [6, 6.07) is 36.4. The second-order valence-electron chi connectivity index (χ2n) is 9.55. The first-order valence-electron chi connectivity index (χ1n) is 13.0. The molecule has 0 aliphatic rings. The van der Waals surface area contributed by atoms with E-state index in [0.29, 0.717) is 0 Å². The van der Waals surface area contributed by atoms with Gasteiger partial charge in [-0.2, -0.15) is 0 Å². The van der Waals surface area contributed by atoms with Gasteiger partial charge in [0.25, 0.3) is 0 Å². The van der Waals surface area contributed by atoms with E-state index in [-0.39, 0.29) is 0 Å². The minimum absolute atomic E-state index is 0.727. The minimum Gasteiger partial charge on any atom is -0.457 e. The first-order valence-corrected chi connectivity index (χ1v) is 13.0. The van der Waals surface area contributed by atoms with Crippen molar-refractivity contribution in [2.24, 2.45) is 0 Å². The van der Waals surface area contributed by atoms with Gasteiger partial charge in [0.05, 0.1) is 16.7 Å². The van der Waals surface area contributed by atoms with Gasteiger partial charge >= 0.3 is 0 Å². The number of ether oxygens (including phenoxy) is 1. The molecule has 3 aromatic carbocycles. The molecular weight excluding hydrogens is 496 g/mol. The van der Waals surface area contributed by atoms with Gasteiger partial charge in [0.2, 0.25) is 0 Å². The molecule has 0 N–H and O–H groups in total. The Morgan fingerprint density at radius 2 is 1.38 bits per heavy atom. The smallest absolute Gasteiger partial charge is 0.168 e. The number of benzene rings is 3. The summed E-state index contributed by atoms with van der Waals surface area (Å²) < 4.78 is 12.4. The lowest BCUT2D eigenvalue weighted by molar-refractivity contribution is 0.483. The summed E-state index contributed by atoms with van der Waals surface area (Å²) in [6.07, 6.45) is 7.61. The Balaban J connectivity index is 1.17. The number of pyridine rings is 2. The molecule has 0 aliphatic carbocycles. The predicted molar refractivity (Wildman–Crippen MR) is 157 cm³/mol. The van der Waals surface area contributed by atoms with Crippen LogP contribution in [0.3, 0.4) is 0 Å². The summed E-state index contributed by atoms with van der Waals surface area (Å²) >= 11 is 0. The molecule has 0 aliphatic heterocycles. The van der Waals surface area contributed by atoms with Crippen molar-refractivity contribution in [2.75, 3.05) is 0 Å². The van der Waals surface area contributed by atoms with Crippen LogP contribution in [0.15, 0.2) is 134 Å². The lowest BCUT2D eigenvalue weighted by atomic mass is 10.1. The average Bonchev–Trinajstić information content (AvgIpc) is 3.69. The van der Waals surface area contributed by atoms with Crippen molar-refractivity contribution >= 4 is 32.8 Å². The summed E-state index contributed by atoms with van der Waals surface area (Å²) in [7, 11) is 0. The van der Waals surface area contributed by atoms with Crippen LogP contribution in [0.1, 0.15) is 0 Å². The highest BCUT2D eigenvalue weighted by Crippen LogP contribution is 2.35. The second kappa shape index (κ2) is 8.96. The molecule has 0 atom stereocenters. The van der Waals surface area contributed by atoms with Gasteiger partial charge in [-0.05, 0) is 60.7 Å². The number of aromatic nitrogens is 6. The van der Waals surface area contributed by atoms with Gasteiger partial charge < -0.3 is 4.74 Å². The Bertz CT molecular complexity index is 2140. The van der Waals surface area contributed by atoms with Crippen molar-refractivity contribution in [1.29, 1.82) is 0 Å². The van der Waals surface area contributed by atoms with Gasteiger partial charge in [0.1, 0.15) is 23.1 Å². The van der Waals surface area contributed by atoms with E-state index in [1.165, 1.54) is 5.39 Å². The van der Waals surface area contributed by atoms with Crippen LogP contribution in [-0.4, -0.2) is 28.9 Å². The Morgan fingerprint density at radius 3 is 2.23 bits per heavy atom. The van der Waals surface area contributed by atoms with Crippen LogP contribution in [0, 0.1) is 0 Å². The van der Waals surface area contributed by atoms with Crippen molar-refractivity contribution in [2.45, 2.75) is 0 Å². The molecule has 7 heteroatoms. The number of hydrogen-bond donors (Lipinski definition) is 0. The number of hydrogen-bond acceptors (Lipinski definition) is 4. The first kappa shape index (κ1) is 22.3. The van der Waals surface area contributed by atoms with Crippen LogP contribution in [0.25, 0.3) is 50.2 Å². The van der Waals surface area contributed by atoms with E-state index < -0.39 is 0 Å². The highest BCUT2D eigenvalue weighted by molar-refractivity contribution is 6.09. The van der Waals surface area contributed by atoms with Crippen molar-refractivity contribution in [3.8, 4) is 28.8 Å². The van der Waals surface area contributed by atoms with Crippen LogP contribution in [0.2, 0.25) is 0 Å². The number of nitrogens with zero attached hydrogens (tertiary/aromatic N) is 6. The SMILES string of the molecule is c1ccc(-n2ccc3cn(-c4cccc(Oc5ccc6c7ccccc7n(-c7ccccn7)c6c5)c4)nc32)nc1. The fourth-order valence-electron chi connectivity index (χ4n) is 5.29. The molecule has 0 amide bonds. The van der Waals surface area contributed by atoms with Crippen molar-refractivity contribution in [3.63, 3.8) is 0 Å². The zero-order valence-corrected chi connectivity index (χ0v) is 21.3. The molecule has 190 valence electrons. The highest BCUT2D eigenvalue weighted by Gasteiger charge is 2.14. The summed E-state index contributed by atoms with van der Waals surface area (Å²) in [5.41, 5.74) is 3.90. The molecule has 0 saturated heterocycles. The molecule has 0 radical (unpaired) electrons. The lowest BCUT2D eigenvalue weighted by Crippen LogP contribution is -1.99. The van der Waals surface area contributed by atoms with E-state index in [1.807, 2.05) is 101 Å². The van der Waals surface area contributed by atoms with E-state index in [0.717, 1.165) is 56.3 Å². The third-order valence-electron chi connectivity index (χ3n) is 7.09. The van der Waals surface area contributed by atoms with E-state index in [9.17, 15) is 0 Å². The maximum atomic E-state index is 6.39. The standard InChI is InChI=1S/C33H22N6O/c1-2-11-29-27(10-1)28-15-14-26(21-30(28)39(29)32-13-4-6-18-35-32)40-25-9-7-8-24(20-25)38-22-23-16-19-37(33(23)36-38)31-12-3-5-17-34-31/h1-22H. The molecule has 0 bridgehead atoms. The van der Waals surface area contributed by atoms with Crippen LogP contribution in [0.5, 0.6) is 11.5 Å².